The molecule has 1 atom stereocenters. The molecule has 0 saturated heterocycles. The van der Waals surface area contributed by atoms with E-state index in [4.69, 9.17) is 0 Å². The van der Waals surface area contributed by atoms with Gasteiger partial charge in [0, 0.05) is 19.6 Å². The lowest BCUT2D eigenvalue weighted by molar-refractivity contribution is 0.263. The summed E-state index contributed by atoms with van der Waals surface area (Å²) in [5, 5.41) is 3.14. The Hall–Kier alpha value is -0.340. The van der Waals surface area contributed by atoms with Gasteiger partial charge in [-0.3, -0.25) is 4.90 Å². The number of likely N-dealkylation sites (N-methyl/N-ethyl adjacent to an activating group) is 2. The molecule has 0 aliphatic rings. The zero-order valence-corrected chi connectivity index (χ0v) is 10.3. The third kappa shape index (κ3) is 6.17. The Bertz CT molecular complexity index is 154. The van der Waals surface area contributed by atoms with Gasteiger partial charge in [-0.05, 0) is 25.1 Å². The molecule has 0 radical (unpaired) electrons. The van der Waals surface area contributed by atoms with Gasteiger partial charge in [0.05, 0.1) is 0 Å². The highest BCUT2D eigenvalue weighted by Gasteiger charge is 2.07. The van der Waals surface area contributed by atoms with Crippen LogP contribution in [-0.2, 0) is 0 Å². The van der Waals surface area contributed by atoms with E-state index in [0.717, 1.165) is 25.6 Å². The van der Waals surface area contributed by atoms with Crippen LogP contribution in [0, 0.1) is 5.92 Å². The number of hydrogen-bond acceptors (Lipinski definition) is 2. The van der Waals surface area contributed by atoms with Crippen molar-refractivity contribution in [1.29, 1.82) is 0 Å². The first kappa shape index (κ1) is 13.7. The average molecular weight is 198 g/mol. The van der Waals surface area contributed by atoms with Crippen molar-refractivity contribution >= 4 is 0 Å². The summed E-state index contributed by atoms with van der Waals surface area (Å²) in [7, 11) is 1.97. The molecule has 2 nitrogen and oxygen atoms in total. The van der Waals surface area contributed by atoms with Gasteiger partial charge in [-0.15, -0.1) is 0 Å². The number of nitrogens with one attached hydrogen (secondary N) is 1. The van der Waals surface area contributed by atoms with Crippen molar-refractivity contribution in [1.82, 2.24) is 10.2 Å². The highest BCUT2D eigenvalue weighted by molar-refractivity contribution is 4.99. The maximum absolute atomic E-state index is 4.06. The molecule has 0 rings (SSSR count). The second kappa shape index (κ2) is 8.01. The first-order valence-corrected chi connectivity index (χ1v) is 5.67. The zero-order valence-electron chi connectivity index (χ0n) is 10.3. The Morgan fingerprint density at radius 1 is 1.43 bits per heavy atom. The predicted octanol–water partition coefficient (Wildman–Crippen LogP) is 2.13. The number of nitrogens with zero attached hydrogens (tertiary/aromatic N) is 1. The van der Waals surface area contributed by atoms with Crippen molar-refractivity contribution in [3.63, 3.8) is 0 Å². The minimum absolute atomic E-state index is 0.789. The van der Waals surface area contributed by atoms with Gasteiger partial charge < -0.3 is 5.32 Å². The SMILES string of the molecule is C=C(CNC)CN(CC)CC(C)CC. The van der Waals surface area contributed by atoms with E-state index in [1.807, 2.05) is 7.05 Å². The van der Waals surface area contributed by atoms with Gasteiger partial charge in [0.15, 0.2) is 0 Å². The standard InChI is InChI=1S/C12H26N2/c1-6-11(3)9-14(7-2)10-12(4)8-13-5/h11,13H,4,6-10H2,1-3,5H3. The highest BCUT2D eigenvalue weighted by Crippen LogP contribution is 2.05. The molecule has 0 aliphatic heterocycles. The molecule has 14 heavy (non-hydrogen) atoms. The lowest BCUT2D eigenvalue weighted by atomic mass is 10.1. The third-order valence-electron chi connectivity index (χ3n) is 2.59. The fourth-order valence-corrected chi connectivity index (χ4v) is 1.50. The van der Waals surface area contributed by atoms with Gasteiger partial charge >= 0.3 is 0 Å². The molecule has 0 heterocycles. The molecule has 0 spiro atoms. The van der Waals surface area contributed by atoms with E-state index in [1.54, 1.807) is 0 Å². The largest absolute Gasteiger partial charge is 0.316 e. The first-order chi connectivity index (χ1) is 6.63. The van der Waals surface area contributed by atoms with Crippen LogP contribution in [0.1, 0.15) is 27.2 Å². The molecular formula is C12H26N2. The molecule has 0 fully saturated rings. The molecule has 0 aromatic carbocycles. The number of hydrogen-bond donors (Lipinski definition) is 1. The summed E-state index contributed by atoms with van der Waals surface area (Å²) < 4.78 is 0. The van der Waals surface area contributed by atoms with Gasteiger partial charge in [0.1, 0.15) is 0 Å². The normalized spacial score (nSPS) is 13.2. The van der Waals surface area contributed by atoms with E-state index in [0.29, 0.717) is 0 Å². The van der Waals surface area contributed by atoms with Crippen LogP contribution in [0.2, 0.25) is 0 Å². The van der Waals surface area contributed by atoms with Crippen LogP contribution in [0.4, 0.5) is 0 Å². The first-order valence-electron chi connectivity index (χ1n) is 5.67. The van der Waals surface area contributed by atoms with E-state index in [1.165, 1.54) is 18.5 Å². The molecular weight excluding hydrogens is 172 g/mol. The van der Waals surface area contributed by atoms with E-state index in [-0.39, 0.29) is 0 Å². The maximum atomic E-state index is 4.06. The van der Waals surface area contributed by atoms with E-state index >= 15 is 0 Å². The van der Waals surface area contributed by atoms with Crippen molar-refractivity contribution in [2.45, 2.75) is 27.2 Å². The maximum Gasteiger partial charge on any atom is 0.0202 e. The van der Waals surface area contributed by atoms with Crippen LogP contribution in [0.15, 0.2) is 12.2 Å². The Kier molecular flexibility index (Phi) is 7.81. The van der Waals surface area contributed by atoms with Crippen molar-refractivity contribution in [2.75, 3.05) is 33.2 Å². The third-order valence-corrected chi connectivity index (χ3v) is 2.59. The van der Waals surface area contributed by atoms with Crippen LogP contribution < -0.4 is 5.32 Å². The number of rotatable bonds is 8. The molecule has 0 amide bonds. The van der Waals surface area contributed by atoms with Crippen LogP contribution in [-0.4, -0.2) is 38.1 Å². The average Bonchev–Trinajstić information content (AvgIpc) is 2.16. The Morgan fingerprint density at radius 2 is 2.07 bits per heavy atom. The summed E-state index contributed by atoms with van der Waals surface area (Å²) in [6.07, 6.45) is 1.26. The van der Waals surface area contributed by atoms with Gasteiger partial charge in [-0.25, -0.2) is 0 Å². The minimum Gasteiger partial charge on any atom is -0.316 e. The lowest BCUT2D eigenvalue weighted by Gasteiger charge is -2.24. The Labute approximate surface area is 89.4 Å². The topological polar surface area (TPSA) is 15.3 Å². The monoisotopic (exact) mass is 198 g/mol. The van der Waals surface area contributed by atoms with Crippen LogP contribution in [0.5, 0.6) is 0 Å². The molecule has 0 bridgehead atoms. The molecule has 0 saturated carbocycles. The zero-order chi connectivity index (χ0) is 11.0. The van der Waals surface area contributed by atoms with Gasteiger partial charge in [-0.1, -0.05) is 33.8 Å². The van der Waals surface area contributed by atoms with Crippen LogP contribution in [0.3, 0.4) is 0 Å². The summed E-state index contributed by atoms with van der Waals surface area (Å²) in [5.41, 5.74) is 1.28. The van der Waals surface area contributed by atoms with Gasteiger partial charge in [0.2, 0.25) is 0 Å². The van der Waals surface area contributed by atoms with Crippen LogP contribution in [0.25, 0.3) is 0 Å². The fraction of sp³-hybridized carbons (Fsp3) is 0.833. The fourth-order valence-electron chi connectivity index (χ4n) is 1.50. The Balaban J connectivity index is 3.83. The summed E-state index contributed by atoms with van der Waals surface area (Å²) in [6, 6.07) is 0. The van der Waals surface area contributed by atoms with Gasteiger partial charge in [0.25, 0.3) is 0 Å². The summed E-state index contributed by atoms with van der Waals surface area (Å²) >= 11 is 0. The van der Waals surface area contributed by atoms with Crippen molar-refractivity contribution in [3.05, 3.63) is 12.2 Å². The second-order valence-corrected chi connectivity index (χ2v) is 4.12. The van der Waals surface area contributed by atoms with Crippen LogP contribution >= 0.6 is 0 Å². The predicted molar refractivity (Wildman–Crippen MR) is 64.6 cm³/mol. The van der Waals surface area contributed by atoms with Crippen molar-refractivity contribution in [2.24, 2.45) is 5.92 Å². The molecule has 0 aromatic rings. The molecule has 0 aliphatic carbocycles. The molecule has 1 N–H and O–H groups in total. The lowest BCUT2D eigenvalue weighted by Crippen LogP contribution is -2.31. The van der Waals surface area contributed by atoms with Crippen molar-refractivity contribution in [3.8, 4) is 0 Å². The summed E-state index contributed by atoms with van der Waals surface area (Å²) in [5.74, 6) is 0.789. The van der Waals surface area contributed by atoms with E-state index in [9.17, 15) is 0 Å². The Morgan fingerprint density at radius 3 is 2.50 bits per heavy atom. The minimum atomic E-state index is 0.789. The van der Waals surface area contributed by atoms with Crippen molar-refractivity contribution < 1.29 is 0 Å². The van der Waals surface area contributed by atoms with E-state index < -0.39 is 0 Å². The molecule has 84 valence electrons. The van der Waals surface area contributed by atoms with E-state index in [2.05, 4.69) is 37.6 Å². The molecule has 2 heteroatoms. The molecule has 1 unspecified atom stereocenters. The smallest absolute Gasteiger partial charge is 0.0202 e. The highest BCUT2D eigenvalue weighted by atomic mass is 15.1. The summed E-state index contributed by atoms with van der Waals surface area (Å²) in [4.78, 5) is 2.47. The quantitative estimate of drug-likeness (QED) is 0.601. The summed E-state index contributed by atoms with van der Waals surface area (Å²) in [6.45, 7) is 15.1. The molecule has 0 aromatic heterocycles. The van der Waals surface area contributed by atoms with Gasteiger partial charge in [-0.2, -0.15) is 0 Å². The second-order valence-electron chi connectivity index (χ2n) is 4.12.